The fraction of sp³-hybridized carbons (Fsp3) is 0.263. The van der Waals surface area contributed by atoms with E-state index in [1.807, 2.05) is 0 Å². The molecule has 0 aliphatic carbocycles. The minimum atomic E-state index is -4.64. The zero-order valence-electron chi connectivity index (χ0n) is 16.7. The average Bonchev–Trinajstić information content (AvgIpc) is 2.65. The standard InChI is InChI=1S/C19H19ClF3N3O4S/c1-25(2)18(28)12-4-7-14(8-5-12)26(31(3,29)30)11-17(27)24-16-10-13(19(21,22)23)6-9-15(16)20/h4-10H,11H2,1-3H3,(H,24,27). The van der Waals surface area contributed by atoms with E-state index in [9.17, 15) is 31.2 Å². The quantitative estimate of drug-likeness (QED) is 0.690. The highest BCUT2D eigenvalue weighted by atomic mass is 35.5. The number of nitrogens with one attached hydrogen (secondary N) is 1. The first-order valence-electron chi connectivity index (χ1n) is 8.66. The molecule has 0 bridgehead atoms. The van der Waals surface area contributed by atoms with Gasteiger partial charge in [0.2, 0.25) is 15.9 Å². The predicted octanol–water partition coefficient (Wildman–Crippen LogP) is 3.47. The van der Waals surface area contributed by atoms with Gasteiger partial charge in [0.25, 0.3) is 5.91 Å². The Hall–Kier alpha value is -2.79. The van der Waals surface area contributed by atoms with Crippen LogP contribution in [0.15, 0.2) is 42.5 Å². The van der Waals surface area contributed by atoms with E-state index < -0.39 is 34.2 Å². The minimum Gasteiger partial charge on any atom is -0.345 e. The molecular formula is C19H19ClF3N3O4S. The number of carbonyl (C=O) groups excluding carboxylic acids is 2. The number of alkyl halides is 3. The third-order valence-corrected chi connectivity index (χ3v) is 5.53. The zero-order chi connectivity index (χ0) is 23.6. The van der Waals surface area contributed by atoms with Gasteiger partial charge in [0.1, 0.15) is 6.54 Å². The molecule has 2 rings (SSSR count). The fourth-order valence-corrected chi connectivity index (χ4v) is 3.57. The molecule has 1 N–H and O–H groups in total. The second kappa shape index (κ2) is 9.15. The molecule has 12 heteroatoms. The average molecular weight is 478 g/mol. The summed E-state index contributed by atoms with van der Waals surface area (Å²) >= 11 is 5.86. The lowest BCUT2D eigenvalue weighted by molar-refractivity contribution is -0.137. The Balaban J connectivity index is 2.27. The number of nitrogens with zero attached hydrogens (tertiary/aromatic N) is 2. The molecule has 0 heterocycles. The number of rotatable bonds is 6. The maximum absolute atomic E-state index is 12.9. The number of carbonyl (C=O) groups is 2. The highest BCUT2D eigenvalue weighted by molar-refractivity contribution is 7.92. The van der Waals surface area contributed by atoms with Gasteiger partial charge in [-0.3, -0.25) is 13.9 Å². The molecule has 2 aromatic rings. The summed E-state index contributed by atoms with van der Waals surface area (Å²) in [6, 6.07) is 7.90. The summed E-state index contributed by atoms with van der Waals surface area (Å²) in [4.78, 5) is 25.7. The van der Waals surface area contributed by atoms with Crippen molar-refractivity contribution in [2.75, 3.05) is 36.5 Å². The van der Waals surface area contributed by atoms with E-state index in [0.717, 1.165) is 22.7 Å². The Kier molecular flexibility index (Phi) is 7.22. The molecule has 0 atom stereocenters. The van der Waals surface area contributed by atoms with Crippen molar-refractivity contribution in [1.29, 1.82) is 0 Å². The molecule has 0 saturated carbocycles. The largest absolute Gasteiger partial charge is 0.416 e. The van der Waals surface area contributed by atoms with Crippen LogP contribution >= 0.6 is 11.6 Å². The second-order valence-corrected chi connectivity index (χ2v) is 9.07. The number of sulfonamides is 1. The van der Waals surface area contributed by atoms with Crippen molar-refractivity contribution in [2.45, 2.75) is 6.18 Å². The summed E-state index contributed by atoms with van der Waals surface area (Å²) in [6.07, 6.45) is -3.77. The van der Waals surface area contributed by atoms with E-state index in [0.29, 0.717) is 11.6 Å². The van der Waals surface area contributed by atoms with Crippen LogP contribution in [0.2, 0.25) is 5.02 Å². The Morgan fingerprint density at radius 1 is 1.06 bits per heavy atom. The number of anilines is 2. The molecule has 0 saturated heterocycles. The van der Waals surface area contributed by atoms with Gasteiger partial charge in [-0.15, -0.1) is 0 Å². The molecule has 2 aromatic carbocycles. The van der Waals surface area contributed by atoms with E-state index in [2.05, 4.69) is 5.32 Å². The molecule has 7 nitrogen and oxygen atoms in total. The van der Waals surface area contributed by atoms with Crippen LogP contribution in [-0.4, -0.2) is 52.0 Å². The number of hydrogen-bond acceptors (Lipinski definition) is 4. The molecule has 0 spiro atoms. The van der Waals surface area contributed by atoms with Gasteiger partial charge >= 0.3 is 6.18 Å². The molecule has 31 heavy (non-hydrogen) atoms. The summed E-state index contributed by atoms with van der Waals surface area (Å²) in [7, 11) is -0.816. The summed E-state index contributed by atoms with van der Waals surface area (Å²) in [5.41, 5.74) is -0.916. The van der Waals surface area contributed by atoms with Crippen LogP contribution in [0.5, 0.6) is 0 Å². The summed E-state index contributed by atoms with van der Waals surface area (Å²) in [5, 5.41) is 2.06. The summed E-state index contributed by atoms with van der Waals surface area (Å²) in [5.74, 6) is -1.20. The molecular weight excluding hydrogens is 459 g/mol. The van der Waals surface area contributed by atoms with E-state index in [1.54, 1.807) is 14.1 Å². The maximum Gasteiger partial charge on any atom is 0.416 e. The van der Waals surface area contributed by atoms with E-state index in [-0.39, 0.29) is 22.3 Å². The Labute approximate surface area is 182 Å². The molecule has 2 amide bonds. The second-order valence-electron chi connectivity index (χ2n) is 6.76. The molecule has 0 aliphatic rings. The van der Waals surface area contributed by atoms with Gasteiger partial charge < -0.3 is 10.2 Å². The number of amides is 2. The van der Waals surface area contributed by atoms with Crippen LogP contribution in [0.25, 0.3) is 0 Å². The third-order valence-electron chi connectivity index (χ3n) is 4.06. The molecule has 0 aromatic heterocycles. The Bertz CT molecular complexity index is 1090. The van der Waals surface area contributed by atoms with E-state index in [1.165, 1.54) is 29.2 Å². The van der Waals surface area contributed by atoms with Gasteiger partial charge in [0, 0.05) is 19.7 Å². The van der Waals surface area contributed by atoms with Gasteiger partial charge in [-0.2, -0.15) is 13.2 Å². The van der Waals surface area contributed by atoms with Gasteiger partial charge in [-0.25, -0.2) is 8.42 Å². The smallest absolute Gasteiger partial charge is 0.345 e. The van der Waals surface area contributed by atoms with Gasteiger partial charge in [-0.1, -0.05) is 11.6 Å². The van der Waals surface area contributed by atoms with E-state index in [4.69, 9.17) is 11.6 Å². The van der Waals surface area contributed by atoms with Crippen molar-refractivity contribution in [3.63, 3.8) is 0 Å². The lowest BCUT2D eigenvalue weighted by Crippen LogP contribution is -2.37. The van der Waals surface area contributed by atoms with Crippen molar-refractivity contribution >= 4 is 44.8 Å². The van der Waals surface area contributed by atoms with Crippen LogP contribution in [-0.2, 0) is 21.0 Å². The van der Waals surface area contributed by atoms with Crippen molar-refractivity contribution in [2.24, 2.45) is 0 Å². The first kappa shape index (κ1) is 24.5. The van der Waals surface area contributed by atoms with Crippen LogP contribution in [0.4, 0.5) is 24.5 Å². The van der Waals surface area contributed by atoms with Gasteiger partial charge in [-0.05, 0) is 42.5 Å². The normalized spacial score (nSPS) is 11.7. The van der Waals surface area contributed by atoms with Crippen LogP contribution < -0.4 is 9.62 Å². The third kappa shape index (κ3) is 6.34. The maximum atomic E-state index is 12.9. The lowest BCUT2D eigenvalue weighted by Gasteiger charge is -2.22. The van der Waals surface area contributed by atoms with Gasteiger partial charge in [0.15, 0.2) is 0 Å². The first-order valence-corrected chi connectivity index (χ1v) is 10.9. The Morgan fingerprint density at radius 3 is 2.13 bits per heavy atom. The topological polar surface area (TPSA) is 86.8 Å². The lowest BCUT2D eigenvalue weighted by atomic mass is 10.2. The molecule has 0 radical (unpaired) electrons. The SMILES string of the molecule is CN(C)C(=O)c1ccc(N(CC(=O)Nc2cc(C(F)(F)F)ccc2Cl)S(C)(=O)=O)cc1. The van der Waals surface area contributed by atoms with Crippen LogP contribution in [0.3, 0.4) is 0 Å². The Morgan fingerprint density at radius 2 is 1.65 bits per heavy atom. The van der Waals surface area contributed by atoms with Crippen LogP contribution in [0, 0.1) is 0 Å². The summed E-state index contributed by atoms with van der Waals surface area (Å²) < 4.78 is 63.8. The van der Waals surface area contributed by atoms with Crippen molar-refractivity contribution in [1.82, 2.24) is 4.90 Å². The van der Waals surface area contributed by atoms with Gasteiger partial charge in [0.05, 0.1) is 28.2 Å². The zero-order valence-corrected chi connectivity index (χ0v) is 18.3. The van der Waals surface area contributed by atoms with E-state index >= 15 is 0 Å². The van der Waals surface area contributed by atoms with Crippen LogP contribution in [0.1, 0.15) is 15.9 Å². The monoisotopic (exact) mass is 477 g/mol. The molecule has 0 aliphatic heterocycles. The molecule has 0 fully saturated rings. The number of benzene rings is 2. The predicted molar refractivity (Wildman–Crippen MR) is 112 cm³/mol. The minimum absolute atomic E-state index is 0.100. The fourth-order valence-electron chi connectivity index (χ4n) is 2.55. The van der Waals surface area contributed by atoms with Crippen molar-refractivity contribution in [3.8, 4) is 0 Å². The number of halogens is 4. The highest BCUT2D eigenvalue weighted by Crippen LogP contribution is 2.33. The molecule has 168 valence electrons. The summed E-state index contributed by atoms with van der Waals surface area (Å²) in [6.45, 7) is -0.716. The molecule has 0 unspecified atom stereocenters. The van der Waals surface area contributed by atoms with Crippen molar-refractivity contribution < 1.29 is 31.2 Å². The number of hydrogen-bond donors (Lipinski definition) is 1. The van der Waals surface area contributed by atoms with Crippen molar-refractivity contribution in [3.05, 3.63) is 58.6 Å². The highest BCUT2D eigenvalue weighted by Gasteiger charge is 2.31. The first-order chi connectivity index (χ1) is 14.2.